The van der Waals surface area contributed by atoms with E-state index < -0.39 is 6.10 Å². The third-order valence-electron chi connectivity index (χ3n) is 4.98. The third-order valence-corrected chi connectivity index (χ3v) is 4.98. The molecule has 5 heteroatoms. The topological polar surface area (TPSA) is 44.7 Å². The number of rotatable bonds is 7. The molecule has 0 aromatic heterocycles. The Morgan fingerprint density at radius 2 is 1.93 bits per heavy atom. The van der Waals surface area contributed by atoms with E-state index in [0.717, 1.165) is 28.0 Å². The standard InChI is InChI=1S/C24H27FN2O2/c1-15-6-11-22(25)24-23(15)17(3)21(18(4)26-12-16(2)28)14-27(24)13-19-7-9-20(29-5)10-8-19/h6-11,14,16,26,28H,3-4,12-13H2,1-2,5H3. The Morgan fingerprint density at radius 1 is 1.24 bits per heavy atom. The zero-order valence-electron chi connectivity index (χ0n) is 17.1. The highest BCUT2D eigenvalue weighted by molar-refractivity contribution is 5.93. The molecule has 0 fully saturated rings. The van der Waals surface area contributed by atoms with Gasteiger partial charge in [0.05, 0.1) is 18.9 Å². The van der Waals surface area contributed by atoms with Crippen molar-refractivity contribution >= 4 is 11.3 Å². The highest BCUT2D eigenvalue weighted by Gasteiger charge is 2.27. The van der Waals surface area contributed by atoms with Crippen LogP contribution in [0.25, 0.3) is 5.57 Å². The highest BCUT2D eigenvalue weighted by atomic mass is 19.1. The summed E-state index contributed by atoms with van der Waals surface area (Å²) in [6.07, 6.45) is 1.36. The molecule has 0 bridgehead atoms. The number of benzene rings is 2. The fourth-order valence-electron chi connectivity index (χ4n) is 3.44. The van der Waals surface area contributed by atoms with Gasteiger partial charge < -0.3 is 20.1 Å². The summed E-state index contributed by atoms with van der Waals surface area (Å²) in [6, 6.07) is 11.0. The monoisotopic (exact) mass is 394 g/mol. The summed E-state index contributed by atoms with van der Waals surface area (Å²) in [4.78, 5) is 1.89. The van der Waals surface area contributed by atoms with E-state index >= 15 is 0 Å². The molecule has 0 aliphatic carbocycles. The molecule has 1 heterocycles. The maximum absolute atomic E-state index is 14.9. The number of nitrogens with one attached hydrogen (secondary N) is 1. The molecule has 29 heavy (non-hydrogen) atoms. The van der Waals surface area contributed by atoms with Crippen molar-refractivity contribution in [2.45, 2.75) is 26.5 Å². The number of aliphatic hydroxyl groups excluding tert-OH is 1. The van der Waals surface area contributed by atoms with Crippen molar-refractivity contribution in [3.05, 3.63) is 89.5 Å². The van der Waals surface area contributed by atoms with Crippen LogP contribution in [0.15, 0.2) is 67.0 Å². The molecule has 1 atom stereocenters. The van der Waals surface area contributed by atoms with Gasteiger partial charge in [0, 0.05) is 36.1 Å². The molecular formula is C24H27FN2O2. The van der Waals surface area contributed by atoms with Gasteiger partial charge in [0.1, 0.15) is 11.6 Å². The van der Waals surface area contributed by atoms with Gasteiger partial charge in [0.15, 0.2) is 0 Å². The Bertz CT molecular complexity index is 962. The van der Waals surface area contributed by atoms with E-state index in [9.17, 15) is 9.50 Å². The summed E-state index contributed by atoms with van der Waals surface area (Å²) in [5.41, 5.74) is 5.40. The summed E-state index contributed by atoms with van der Waals surface area (Å²) in [7, 11) is 1.63. The first kappa shape index (κ1) is 20.7. The first-order valence-electron chi connectivity index (χ1n) is 9.53. The summed E-state index contributed by atoms with van der Waals surface area (Å²) in [5.74, 6) is 0.480. The van der Waals surface area contributed by atoms with Gasteiger partial charge in [-0.2, -0.15) is 0 Å². The molecule has 0 saturated carbocycles. The minimum absolute atomic E-state index is 0.293. The molecule has 0 radical (unpaired) electrons. The summed E-state index contributed by atoms with van der Waals surface area (Å²) in [5, 5.41) is 12.7. The molecule has 2 aromatic carbocycles. The Labute approximate surface area is 171 Å². The van der Waals surface area contributed by atoms with E-state index in [1.54, 1.807) is 20.1 Å². The van der Waals surface area contributed by atoms with Crippen LogP contribution in [0.1, 0.15) is 23.6 Å². The molecule has 0 spiro atoms. The molecule has 1 unspecified atom stereocenters. The first-order chi connectivity index (χ1) is 13.8. The zero-order chi connectivity index (χ0) is 21.1. The lowest BCUT2D eigenvalue weighted by Crippen LogP contribution is -2.28. The maximum atomic E-state index is 14.9. The second-order valence-corrected chi connectivity index (χ2v) is 7.29. The van der Waals surface area contributed by atoms with Crippen molar-refractivity contribution in [2.24, 2.45) is 0 Å². The van der Waals surface area contributed by atoms with Crippen molar-refractivity contribution in [3.8, 4) is 5.75 Å². The van der Waals surface area contributed by atoms with Gasteiger partial charge in [0.2, 0.25) is 0 Å². The van der Waals surface area contributed by atoms with Crippen LogP contribution in [0, 0.1) is 12.7 Å². The van der Waals surface area contributed by atoms with Crippen LogP contribution in [0.2, 0.25) is 0 Å². The number of aliphatic hydroxyl groups is 1. The minimum atomic E-state index is -0.508. The number of halogens is 1. The molecule has 4 nitrogen and oxygen atoms in total. The molecule has 1 aliphatic heterocycles. The number of anilines is 1. The van der Waals surface area contributed by atoms with E-state index in [0.29, 0.717) is 30.0 Å². The maximum Gasteiger partial charge on any atom is 0.147 e. The van der Waals surface area contributed by atoms with Crippen molar-refractivity contribution in [2.75, 3.05) is 18.6 Å². The highest BCUT2D eigenvalue weighted by Crippen LogP contribution is 2.42. The van der Waals surface area contributed by atoms with Crippen molar-refractivity contribution in [1.29, 1.82) is 0 Å². The number of allylic oxidation sites excluding steroid dienone is 1. The molecule has 0 amide bonds. The lowest BCUT2D eigenvalue weighted by Gasteiger charge is -2.33. The normalized spacial score (nSPS) is 14.2. The van der Waals surface area contributed by atoms with Crippen molar-refractivity contribution in [3.63, 3.8) is 0 Å². The molecular weight excluding hydrogens is 367 g/mol. The average molecular weight is 394 g/mol. The second kappa shape index (κ2) is 8.53. The van der Waals surface area contributed by atoms with Crippen LogP contribution in [-0.2, 0) is 6.54 Å². The van der Waals surface area contributed by atoms with Crippen LogP contribution in [0.4, 0.5) is 10.1 Å². The van der Waals surface area contributed by atoms with Gasteiger partial charge in [0.25, 0.3) is 0 Å². The van der Waals surface area contributed by atoms with E-state index in [1.807, 2.05) is 42.3 Å². The molecule has 2 N–H and O–H groups in total. The van der Waals surface area contributed by atoms with E-state index in [4.69, 9.17) is 4.74 Å². The van der Waals surface area contributed by atoms with Gasteiger partial charge in [-0.25, -0.2) is 4.39 Å². The quantitative estimate of drug-likeness (QED) is 0.724. The fraction of sp³-hybridized carbons (Fsp3) is 0.250. The number of nitrogens with zero attached hydrogens (tertiary/aromatic N) is 1. The van der Waals surface area contributed by atoms with Crippen molar-refractivity contribution < 1.29 is 14.2 Å². The van der Waals surface area contributed by atoms with Crippen LogP contribution in [0.5, 0.6) is 5.75 Å². The smallest absolute Gasteiger partial charge is 0.147 e. The number of methoxy groups -OCH3 is 1. The van der Waals surface area contributed by atoms with E-state index in [2.05, 4.69) is 18.5 Å². The van der Waals surface area contributed by atoms with Gasteiger partial charge in [-0.15, -0.1) is 0 Å². The number of fused-ring (bicyclic) bond motifs is 1. The molecule has 152 valence electrons. The Hall–Kier alpha value is -3.05. The average Bonchev–Trinajstić information content (AvgIpc) is 2.70. The summed E-state index contributed by atoms with van der Waals surface area (Å²) < 4.78 is 20.1. The largest absolute Gasteiger partial charge is 0.497 e. The third kappa shape index (κ3) is 4.35. The Kier molecular flexibility index (Phi) is 6.09. The number of ether oxygens (including phenoxy) is 1. The lowest BCUT2D eigenvalue weighted by molar-refractivity contribution is 0.195. The molecule has 0 saturated heterocycles. The molecule has 2 aromatic rings. The van der Waals surface area contributed by atoms with Crippen LogP contribution >= 0.6 is 0 Å². The fourth-order valence-corrected chi connectivity index (χ4v) is 3.44. The van der Waals surface area contributed by atoms with Crippen molar-refractivity contribution in [1.82, 2.24) is 5.32 Å². The number of hydrogen-bond donors (Lipinski definition) is 2. The Morgan fingerprint density at radius 3 is 2.55 bits per heavy atom. The van der Waals surface area contributed by atoms with Gasteiger partial charge in [-0.05, 0) is 48.7 Å². The van der Waals surface area contributed by atoms with E-state index in [1.165, 1.54) is 6.07 Å². The summed E-state index contributed by atoms with van der Waals surface area (Å²) in [6.45, 7) is 12.8. The molecule has 3 rings (SSSR count). The zero-order valence-corrected chi connectivity index (χ0v) is 17.1. The van der Waals surface area contributed by atoms with Gasteiger partial charge >= 0.3 is 0 Å². The van der Waals surface area contributed by atoms with E-state index in [-0.39, 0.29) is 5.82 Å². The summed E-state index contributed by atoms with van der Waals surface area (Å²) >= 11 is 0. The Balaban J connectivity index is 2.01. The number of aryl methyl sites for hydroxylation is 1. The lowest BCUT2D eigenvalue weighted by atomic mass is 9.89. The first-order valence-corrected chi connectivity index (χ1v) is 9.53. The predicted molar refractivity (Wildman–Crippen MR) is 116 cm³/mol. The van der Waals surface area contributed by atoms with Gasteiger partial charge in [-0.1, -0.05) is 31.4 Å². The van der Waals surface area contributed by atoms with Gasteiger partial charge in [-0.3, -0.25) is 0 Å². The van der Waals surface area contributed by atoms with Crippen LogP contribution in [-0.4, -0.2) is 24.9 Å². The minimum Gasteiger partial charge on any atom is -0.497 e. The second-order valence-electron chi connectivity index (χ2n) is 7.29. The predicted octanol–water partition coefficient (Wildman–Crippen LogP) is 4.54. The number of hydrogen-bond acceptors (Lipinski definition) is 4. The van der Waals surface area contributed by atoms with Crippen LogP contribution < -0.4 is 15.0 Å². The SMILES string of the molecule is C=C(NCC(C)O)C1=CN(Cc2ccc(OC)cc2)c2c(F)ccc(C)c2C1=C. The molecule has 1 aliphatic rings. The van der Waals surface area contributed by atoms with Crippen LogP contribution in [0.3, 0.4) is 0 Å².